The zero-order chi connectivity index (χ0) is 17.9. The first-order valence-electron chi connectivity index (χ1n) is 7.28. The van der Waals surface area contributed by atoms with Crippen molar-refractivity contribution >= 4 is 21.8 Å². The van der Waals surface area contributed by atoms with Crippen LogP contribution in [0.3, 0.4) is 0 Å². The van der Waals surface area contributed by atoms with Gasteiger partial charge >= 0.3 is 6.01 Å². The van der Waals surface area contributed by atoms with Gasteiger partial charge in [-0.1, -0.05) is 28.9 Å². The Hall–Kier alpha value is -3.07. The summed E-state index contributed by atoms with van der Waals surface area (Å²) in [6, 6.07) is 11.2. The van der Waals surface area contributed by atoms with E-state index in [0.29, 0.717) is 5.69 Å². The molecule has 1 N–H and O–H groups in total. The van der Waals surface area contributed by atoms with Crippen molar-refractivity contribution in [1.29, 1.82) is 0 Å². The summed E-state index contributed by atoms with van der Waals surface area (Å²) in [4.78, 5) is 16.1. The van der Waals surface area contributed by atoms with E-state index in [9.17, 15) is 13.2 Å². The molecular weight excluding hydrogens is 344 g/mol. The largest absolute Gasteiger partial charge is 0.401 e. The number of benzene rings is 1. The van der Waals surface area contributed by atoms with Crippen LogP contribution in [0.5, 0.6) is 0 Å². The van der Waals surface area contributed by atoms with Crippen molar-refractivity contribution in [2.45, 2.75) is 11.8 Å². The van der Waals surface area contributed by atoms with Gasteiger partial charge in [-0.25, -0.2) is 8.42 Å². The lowest BCUT2D eigenvalue weighted by atomic mass is 10.2. The highest BCUT2D eigenvalue weighted by Gasteiger charge is 2.21. The molecule has 1 amide bonds. The summed E-state index contributed by atoms with van der Waals surface area (Å²) >= 11 is 0. The molecule has 0 atom stereocenters. The smallest absolute Gasteiger partial charge is 0.322 e. The highest BCUT2D eigenvalue weighted by atomic mass is 32.2. The summed E-state index contributed by atoms with van der Waals surface area (Å²) in [6.07, 6.45) is 1.56. The molecule has 0 unspecified atom stereocenters. The number of aromatic nitrogens is 3. The lowest BCUT2D eigenvalue weighted by molar-refractivity contribution is -0.114. The molecule has 25 heavy (non-hydrogen) atoms. The van der Waals surface area contributed by atoms with Gasteiger partial charge in [0.1, 0.15) is 11.4 Å². The number of nitrogens with zero attached hydrogens (tertiary/aromatic N) is 3. The van der Waals surface area contributed by atoms with E-state index in [2.05, 4.69) is 20.5 Å². The summed E-state index contributed by atoms with van der Waals surface area (Å²) in [5.41, 5.74) is 1.37. The molecule has 2 aromatic heterocycles. The van der Waals surface area contributed by atoms with Gasteiger partial charge in [-0.15, -0.1) is 5.10 Å². The summed E-state index contributed by atoms with van der Waals surface area (Å²) in [6.45, 7) is 1.85. The van der Waals surface area contributed by atoms with Crippen LogP contribution in [0.15, 0.2) is 58.0 Å². The van der Waals surface area contributed by atoms with Crippen LogP contribution >= 0.6 is 0 Å². The molecule has 0 bridgehead atoms. The van der Waals surface area contributed by atoms with E-state index >= 15 is 0 Å². The lowest BCUT2D eigenvalue weighted by Gasteiger charge is -2.04. The van der Waals surface area contributed by atoms with Crippen molar-refractivity contribution in [3.8, 4) is 11.6 Å². The van der Waals surface area contributed by atoms with Crippen LogP contribution in [0.4, 0.5) is 6.01 Å². The topological polar surface area (TPSA) is 115 Å². The van der Waals surface area contributed by atoms with Crippen LogP contribution in [0.2, 0.25) is 0 Å². The Bertz CT molecular complexity index is 982. The van der Waals surface area contributed by atoms with Crippen molar-refractivity contribution in [3.05, 3.63) is 54.2 Å². The monoisotopic (exact) mass is 358 g/mol. The summed E-state index contributed by atoms with van der Waals surface area (Å²) in [5, 5.41) is 9.71. The molecule has 9 heteroatoms. The first-order chi connectivity index (χ1) is 11.9. The van der Waals surface area contributed by atoms with E-state index < -0.39 is 21.5 Å². The van der Waals surface area contributed by atoms with Gasteiger partial charge in [-0.2, -0.15) is 0 Å². The van der Waals surface area contributed by atoms with Gasteiger partial charge in [0.05, 0.1) is 4.90 Å². The van der Waals surface area contributed by atoms with Gasteiger partial charge in [0.2, 0.25) is 5.91 Å². The maximum atomic E-state index is 12.2. The SMILES string of the molecule is Cc1ccc(S(=O)(=O)CC(=O)Nc2nnc(-c3ccccn3)o2)cc1. The fourth-order valence-electron chi connectivity index (χ4n) is 2.02. The molecule has 2 heterocycles. The van der Waals surface area contributed by atoms with E-state index in [-0.39, 0.29) is 16.8 Å². The number of amides is 1. The predicted molar refractivity (Wildman–Crippen MR) is 89.4 cm³/mol. The van der Waals surface area contributed by atoms with Crippen LogP contribution in [-0.2, 0) is 14.6 Å². The Balaban J connectivity index is 1.69. The maximum Gasteiger partial charge on any atom is 0.322 e. The first kappa shape index (κ1) is 16.8. The van der Waals surface area contributed by atoms with E-state index in [1.54, 1.807) is 36.5 Å². The van der Waals surface area contributed by atoms with Crippen molar-refractivity contribution in [1.82, 2.24) is 15.2 Å². The van der Waals surface area contributed by atoms with Crippen LogP contribution in [0, 0.1) is 6.92 Å². The number of hydrogen-bond acceptors (Lipinski definition) is 7. The Kier molecular flexibility index (Phi) is 4.57. The number of pyridine rings is 1. The number of carbonyl (C=O) groups excluding carboxylic acids is 1. The molecule has 0 saturated heterocycles. The molecule has 8 nitrogen and oxygen atoms in total. The molecule has 3 rings (SSSR count). The number of sulfone groups is 1. The third kappa shape index (κ3) is 4.07. The number of anilines is 1. The lowest BCUT2D eigenvalue weighted by Crippen LogP contribution is -2.23. The predicted octanol–water partition coefficient (Wildman–Crippen LogP) is 1.85. The van der Waals surface area contributed by atoms with E-state index in [0.717, 1.165) is 5.56 Å². The molecule has 0 aliphatic carbocycles. The highest BCUT2D eigenvalue weighted by Crippen LogP contribution is 2.17. The van der Waals surface area contributed by atoms with E-state index in [1.165, 1.54) is 12.1 Å². The third-order valence-corrected chi connectivity index (χ3v) is 4.89. The number of nitrogens with one attached hydrogen (secondary N) is 1. The van der Waals surface area contributed by atoms with Gasteiger partial charge in [-0.3, -0.25) is 15.1 Å². The van der Waals surface area contributed by atoms with Gasteiger partial charge in [0.15, 0.2) is 9.84 Å². The van der Waals surface area contributed by atoms with E-state index in [1.807, 2.05) is 6.92 Å². The third-order valence-electron chi connectivity index (χ3n) is 3.26. The Morgan fingerprint density at radius 2 is 1.88 bits per heavy atom. The second-order valence-corrected chi connectivity index (χ2v) is 7.24. The summed E-state index contributed by atoms with van der Waals surface area (Å²) in [7, 11) is -3.76. The fraction of sp³-hybridized carbons (Fsp3) is 0.125. The number of hydrogen-bond donors (Lipinski definition) is 1. The quantitative estimate of drug-likeness (QED) is 0.740. The normalized spacial score (nSPS) is 11.2. The minimum atomic E-state index is -3.76. The van der Waals surface area contributed by atoms with Crippen molar-refractivity contribution in [2.24, 2.45) is 0 Å². The average molecular weight is 358 g/mol. The first-order valence-corrected chi connectivity index (χ1v) is 8.93. The fourth-order valence-corrected chi connectivity index (χ4v) is 3.16. The van der Waals surface area contributed by atoms with Crippen LogP contribution < -0.4 is 5.32 Å². The second kappa shape index (κ2) is 6.81. The van der Waals surface area contributed by atoms with Gasteiger partial charge in [0.25, 0.3) is 5.89 Å². The number of rotatable bonds is 5. The highest BCUT2D eigenvalue weighted by molar-refractivity contribution is 7.92. The molecule has 0 saturated carbocycles. The molecule has 0 fully saturated rings. The molecule has 0 aliphatic rings. The summed E-state index contributed by atoms with van der Waals surface area (Å²) in [5.74, 6) is -1.37. The second-order valence-electron chi connectivity index (χ2n) is 5.25. The van der Waals surface area contributed by atoms with Gasteiger partial charge in [-0.05, 0) is 31.2 Å². The minimum Gasteiger partial charge on any atom is -0.401 e. The Labute approximate surface area is 143 Å². The van der Waals surface area contributed by atoms with Crippen LogP contribution in [0.25, 0.3) is 11.6 Å². The molecular formula is C16H14N4O4S. The zero-order valence-corrected chi connectivity index (χ0v) is 14.0. The molecule has 0 spiro atoms. The molecule has 0 radical (unpaired) electrons. The van der Waals surface area contributed by atoms with Crippen LogP contribution in [-0.4, -0.2) is 35.3 Å². The summed E-state index contributed by atoms with van der Waals surface area (Å²) < 4.78 is 29.7. The molecule has 1 aromatic carbocycles. The van der Waals surface area contributed by atoms with Gasteiger partial charge in [0, 0.05) is 6.20 Å². The average Bonchev–Trinajstić information content (AvgIpc) is 3.04. The molecule has 128 valence electrons. The minimum absolute atomic E-state index is 0.0768. The van der Waals surface area contributed by atoms with Crippen LogP contribution in [0.1, 0.15) is 5.56 Å². The standard InChI is InChI=1S/C16H14N4O4S/c1-11-5-7-12(8-6-11)25(22,23)10-14(21)18-16-20-19-15(24-16)13-4-2-3-9-17-13/h2-9H,10H2,1H3,(H,18,20,21). The maximum absolute atomic E-state index is 12.2. The van der Waals surface area contributed by atoms with Gasteiger partial charge < -0.3 is 4.42 Å². The zero-order valence-electron chi connectivity index (χ0n) is 13.2. The van der Waals surface area contributed by atoms with Crippen molar-refractivity contribution < 1.29 is 17.6 Å². The number of aryl methyl sites for hydroxylation is 1. The molecule has 3 aromatic rings. The Morgan fingerprint density at radius 1 is 1.12 bits per heavy atom. The van der Waals surface area contributed by atoms with Crippen molar-refractivity contribution in [2.75, 3.05) is 11.1 Å². The number of carbonyl (C=O) groups is 1. The molecule has 0 aliphatic heterocycles. The van der Waals surface area contributed by atoms with E-state index in [4.69, 9.17) is 4.42 Å². The van der Waals surface area contributed by atoms with Crippen molar-refractivity contribution in [3.63, 3.8) is 0 Å². The Morgan fingerprint density at radius 3 is 2.56 bits per heavy atom.